The van der Waals surface area contributed by atoms with Crippen molar-refractivity contribution in [2.75, 3.05) is 34.3 Å². The van der Waals surface area contributed by atoms with Crippen LogP contribution in [0.3, 0.4) is 0 Å². The highest BCUT2D eigenvalue weighted by molar-refractivity contribution is 9.10. The van der Waals surface area contributed by atoms with Gasteiger partial charge in [0.2, 0.25) is 10.0 Å². The molecule has 0 aliphatic carbocycles. The first kappa shape index (κ1) is 20.2. The fraction of sp³-hybridized carbons (Fsp3) is 0.444. The second-order valence-corrected chi connectivity index (χ2v) is 9.43. The molecule has 0 radical (unpaired) electrons. The van der Waals surface area contributed by atoms with Crippen molar-refractivity contribution in [2.24, 2.45) is 0 Å². The van der Waals surface area contributed by atoms with E-state index in [1.807, 2.05) is 0 Å². The van der Waals surface area contributed by atoms with Gasteiger partial charge in [-0.2, -0.15) is 4.31 Å². The van der Waals surface area contributed by atoms with Crippen molar-refractivity contribution in [1.29, 1.82) is 0 Å². The Morgan fingerprint density at radius 1 is 1.26 bits per heavy atom. The smallest absolute Gasteiger partial charge is 0.246 e. The molecule has 146 valence electrons. The van der Waals surface area contributed by atoms with Gasteiger partial charge in [-0.25, -0.2) is 13.4 Å². The number of rotatable bonds is 5. The van der Waals surface area contributed by atoms with Crippen molar-refractivity contribution in [1.82, 2.24) is 19.2 Å². The van der Waals surface area contributed by atoms with E-state index in [1.165, 1.54) is 11.4 Å². The van der Waals surface area contributed by atoms with Crippen molar-refractivity contribution in [3.05, 3.63) is 35.2 Å². The molecule has 1 saturated heterocycles. The number of benzene rings is 1. The summed E-state index contributed by atoms with van der Waals surface area (Å²) in [7, 11) is 1.52. The molecule has 0 N–H and O–H groups in total. The minimum atomic E-state index is -3.66. The number of methoxy groups -OCH3 is 1. The zero-order chi connectivity index (χ0) is 19.6. The highest BCUT2D eigenvalue weighted by Crippen LogP contribution is 2.32. The van der Waals surface area contributed by atoms with Crippen molar-refractivity contribution in [2.45, 2.75) is 23.8 Å². The van der Waals surface area contributed by atoms with Crippen molar-refractivity contribution >= 4 is 26.0 Å². The summed E-state index contributed by atoms with van der Waals surface area (Å²) in [4.78, 5) is 10.8. The Balaban J connectivity index is 1.93. The number of likely N-dealkylation sites (tertiary alicyclic amines) is 1. The van der Waals surface area contributed by atoms with Gasteiger partial charge in [-0.05, 0) is 61.0 Å². The van der Waals surface area contributed by atoms with E-state index in [9.17, 15) is 8.42 Å². The van der Waals surface area contributed by atoms with Gasteiger partial charge in [0.15, 0.2) is 0 Å². The number of hydrogen-bond acceptors (Lipinski definition) is 6. The fourth-order valence-electron chi connectivity index (χ4n) is 3.23. The van der Waals surface area contributed by atoms with E-state index in [1.54, 1.807) is 37.6 Å². The molecule has 1 fully saturated rings. The number of hydrogen-bond donors (Lipinski definition) is 0. The Hall–Kier alpha value is -1.55. The van der Waals surface area contributed by atoms with Gasteiger partial charge in [0.1, 0.15) is 15.2 Å². The maximum atomic E-state index is 13.2. The summed E-state index contributed by atoms with van der Waals surface area (Å²) in [6.07, 6.45) is 4.86. The molecular weight excluding hydrogens is 432 g/mol. The summed E-state index contributed by atoms with van der Waals surface area (Å²) in [5, 5.41) is 0. The maximum absolute atomic E-state index is 13.2. The summed E-state index contributed by atoms with van der Waals surface area (Å²) < 4.78 is 33.9. The number of ether oxygens (including phenoxy) is 1. The fourth-order valence-corrected chi connectivity index (χ4v) is 5.09. The number of piperidine rings is 1. The van der Waals surface area contributed by atoms with Crippen LogP contribution in [0.1, 0.15) is 12.8 Å². The normalized spacial score (nSPS) is 16.6. The summed E-state index contributed by atoms with van der Waals surface area (Å²) in [6, 6.07) is 4.99. The Morgan fingerprint density at radius 3 is 2.59 bits per heavy atom. The highest BCUT2D eigenvalue weighted by Gasteiger charge is 2.32. The molecule has 1 aromatic carbocycles. The molecule has 1 aliphatic rings. The highest BCUT2D eigenvalue weighted by atomic mass is 79.9. The van der Waals surface area contributed by atoms with Crippen LogP contribution in [0.15, 0.2) is 40.1 Å². The molecule has 0 amide bonds. The first-order chi connectivity index (χ1) is 12.8. The van der Waals surface area contributed by atoms with Gasteiger partial charge in [-0.1, -0.05) is 6.07 Å². The second kappa shape index (κ2) is 8.22. The van der Waals surface area contributed by atoms with Crippen LogP contribution in [-0.4, -0.2) is 67.9 Å². The molecule has 2 aromatic rings. The summed E-state index contributed by atoms with van der Waals surface area (Å²) in [6.45, 7) is 1.78. The Morgan fingerprint density at radius 2 is 1.96 bits per heavy atom. The van der Waals surface area contributed by atoms with Gasteiger partial charge < -0.3 is 9.64 Å². The Kier molecular flexibility index (Phi) is 6.15. The molecule has 7 nitrogen and oxygen atoms in total. The quantitative estimate of drug-likeness (QED) is 0.690. The van der Waals surface area contributed by atoms with Crippen LogP contribution in [0, 0.1) is 0 Å². The molecule has 0 atom stereocenters. The minimum Gasteiger partial charge on any atom is -0.495 e. The predicted molar refractivity (Wildman–Crippen MR) is 107 cm³/mol. The van der Waals surface area contributed by atoms with E-state index in [-0.39, 0.29) is 10.9 Å². The van der Waals surface area contributed by atoms with E-state index in [2.05, 4.69) is 37.8 Å². The largest absolute Gasteiger partial charge is 0.495 e. The van der Waals surface area contributed by atoms with E-state index < -0.39 is 10.0 Å². The van der Waals surface area contributed by atoms with Crippen molar-refractivity contribution in [3.63, 3.8) is 0 Å². The van der Waals surface area contributed by atoms with Crippen LogP contribution >= 0.6 is 15.9 Å². The zero-order valence-electron chi connectivity index (χ0n) is 15.6. The zero-order valence-corrected chi connectivity index (χ0v) is 18.0. The van der Waals surface area contributed by atoms with Gasteiger partial charge >= 0.3 is 0 Å². The lowest BCUT2D eigenvalue weighted by atomic mass is 10.1. The molecular formula is C18H23BrN4O3S. The molecule has 2 heterocycles. The Bertz CT molecular complexity index is 915. The molecule has 0 bridgehead atoms. The standard InChI is InChI=1S/C18H23BrN4O3S/c1-22-8-6-14(7-9-22)23(2)27(24,25)17-5-4-13(10-16(17)26-3)15-11-20-12-18(19)21-15/h4-5,10-12,14H,6-9H2,1-3H3. The topological polar surface area (TPSA) is 75.6 Å². The third-order valence-electron chi connectivity index (χ3n) is 4.92. The molecule has 1 aromatic heterocycles. The van der Waals surface area contributed by atoms with E-state index in [0.717, 1.165) is 31.5 Å². The van der Waals surface area contributed by atoms with E-state index in [4.69, 9.17) is 4.74 Å². The third kappa shape index (κ3) is 4.31. The van der Waals surface area contributed by atoms with Gasteiger partial charge in [-0.15, -0.1) is 0 Å². The molecule has 27 heavy (non-hydrogen) atoms. The Labute approximate surface area is 168 Å². The van der Waals surface area contributed by atoms with Gasteiger partial charge in [0.05, 0.1) is 25.2 Å². The summed E-state index contributed by atoms with van der Waals surface area (Å²) in [5.41, 5.74) is 1.37. The number of nitrogens with zero attached hydrogens (tertiary/aromatic N) is 4. The monoisotopic (exact) mass is 454 g/mol. The SMILES string of the molecule is COc1cc(-c2cncc(Br)n2)ccc1S(=O)(=O)N(C)C1CCN(C)CC1. The third-order valence-corrected chi connectivity index (χ3v) is 7.26. The summed E-state index contributed by atoms with van der Waals surface area (Å²) >= 11 is 3.30. The first-order valence-electron chi connectivity index (χ1n) is 8.65. The van der Waals surface area contributed by atoms with E-state index in [0.29, 0.717) is 16.0 Å². The molecule has 0 unspecified atom stereocenters. The lowest BCUT2D eigenvalue weighted by Gasteiger charge is -2.34. The van der Waals surface area contributed by atoms with Gasteiger partial charge in [-0.3, -0.25) is 4.98 Å². The summed E-state index contributed by atoms with van der Waals surface area (Å²) in [5.74, 6) is 0.300. The second-order valence-electron chi connectivity index (χ2n) is 6.65. The molecule has 1 aliphatic heterocycles. The maximum Gasteiger partial charge on any atom is 0.246 e. The van der Waals surface area contributed by atoms with Crippen LogP contribution in [0.5, 0.6) is 5.75 Å². The first-order valence-corrected chi connectivity index (χ1v) is 10.9. The molecule has 0 saturated carbocycles. The average Bonchev–Trinajstić information content (AvgIpc) is 2.67. The number of aromatic nitrogens is 2. The lowest BCUT2D eigenvalue weighted by molar-refractivity contribution is 0.197. The minimum absolute atomic E-state index is 0.00784. The average molecular weight is 455 g/mol. The molecule has 3 rings (SSSR count). The van der Waals surface area contributed by atoms with Crippen LogP contribution in [0.2, 0.25) is 0 Å². The van der Waals surface area contributed by atoms with Crippen LogP contribution in [-0.2, 0) is 10.0 Å². The van der Waals surface area contributed by atoms with E-state index >= 15 is 0 Å². The van der Waals surface area contributed by atoms with Crippen molar-refractivity contribution < 1.29 is 13.2 Å². The van der Waals surface area contributed by atoms with Crippen LogP contribution < -0.4 is 4.74 Å². The van der Waals surface area contributed by atoms with Crippen LogP contribution in [0.25, 0.3) is 11.3 Å². The van der Waals surface area contributed by atoms with Gasteiger partial charge in [0, 0.05) is 18.7 Å². The van der Waals surface area contributed by atoms with Crippen molar-refractivity contribution in [3.8, 4) is 17.0 Å². The van der Waals surface area contributed by atoms with Gasteiger partial charge in [0.25, 0.3) is 0 Å². The van der Waals surface area contributed by atoms with Crippen LogP contribution in [0.4, 0.5) is 0 Å². The lowest BCUT2D eigenvalue weighted by Crippen LogP contribution is -2.44. The molecule has 9 heteroatoms. The number of sulfonamides is 1. The predicted octanol–water partition coefficient (Wildman–Crippen LogP) is 2.63. The molecule has 0 spiro atoms. The number of halogens is 1.